The van der Waals surface area contributed by atoms with Gasteiger partial charge in [-0.25, -0.2) is 8.78 Å². The van der Waals surface area contributed by atoms with Crippen molar-refractivity contribution >= 4 is 12.4 Å². The average Bonchev–Trinajstić information content (AvgIpc) is 1.77. The molecule has 0 aromatic rings. The molecule has 1 aliphatic heterocycles. The van der Waals surface area contributed by atoms with Crippen molar-refractivity contribution in [1.82, 2.24) is 5.32 Å². The molecule has 9 heavy (non-hydrogen) atoms. The Kier molecular flexibility index (Phi) is 4.06. The fourth-order valence-electron chi connectivity index (χ4n) is 0.811. The largest absolute Gasteiger partial charge is 0.285 e. The van der Waals surface area contributed by atoms with E-state index in [0.717, 1.165) is 6.42 Å². The molecule has 0 spiro atoms. The topological polar surface area (TPSA) is 12.0 Å². The lowest BCUT2D eigenvalue weighted by Gasteiger charge is -2.19. The summed E-state index contributed by atoms with van der Waals surface area (Å²) in [7, 11) is 0. The number of hydrogen-bond donors (Lipinski definition) is 1. The second-order valence-electron chi connectivity index (χ2n) is 2.01. The van der Waals surface area contributed by atoms with Gasteiger partial charge in [-0.15, -0.1) is 12.4 Å². The van der Waals surface area contributed by atoms with E-state index < -0.39 is 12.5 Å². The molecular weight excluding hydrogens is 148 g/mol. The van der Waals surface area contributed by atoms with Crippen molar-refractivity contribution in [3.8, 4) is 0 Å². The first-order valence-corrected chi connectivity index (χ1v) is 2.82. The summed E-state index contributed by atoms with van der Waals surface area (Å²) >= 11 is 0. The molecule has 1 nitrogen and oxygen atoms in total. The fraction of sp³-hybridized carbons (Fsp3) is 1.00. The summed E-state index contributed by atoms with van der Waals surface area (Å²) in [4.78, 5) is 0. The zero-order valence-electron chi connectivity index (χ0n) is 4.94. The van der Waals surface area contributed by atoms with Crippen molar-refractivity contribution in [2.45, 2.75) is 25.3 Å². The predicted molar refractivity (Wildman–Crippen MR) is 34.3 cm³/mol. The van der Waals surface area contributed by atoms with Gasteiger partial charge in [-0.3, -0.25) is 5.32 Å². The lowest BCUT2D eigenvalue weighted by atomic mass is 10.1. The van der Waals surface area contributed by atoms with Crippen molar-refractivity contribution < 1.29 is 8.78 Å². The molecule has 2 unspecified atom stereocenters. The van der Waals surface area contributed by atoms with Crippen molar-refractivity contribution in [2.24, 2.45) is 0 Å². The monoisotopic (exact) mass is 157 g/mol. The highest BCUT2D eigenvalue weighted by Gasteiger charge is 2.22. The van der Waals surface area contributed by atoms with E-state index in [1.165, 1.54) is 0 Å². The van der Waals surface area contributed by atoms with E-state index in [4.69, 9.17) is 0 Å². The number of hydrogen-bond acceptors (Lipinski definition) is 1. The first kappa shape index (κ1) is 9.11. The van der Waals surface area contributed by atoms with E-state index in [1.807, 2.05) is 0 Å². The maximum atomic E-state index is 12.1. The van der Waals surface area contributed by atoms with Crippen LogP contribution in [-0.2, 0) is 0 Å². The molecule has 0 aromatic heterocycles. The first-order valence-electron chi connectivity index (χ1n) is 2.82. The highest BCUT2D eigenvalue weighted by atomic mass is 35.5. The van der Waals surface area contributed by atoms with E-state index in [0.29, 0.717) is 13.0 Å². The number of alkyl halides is 2. The van der Waals surface area contributed by atoms with Gasteiger partial charge in [0.25, 0.3) is 0 Å². The Hall–Kier alpha value is 0.110. The average molecular weight is 158 g/mol. The third-order valence-electron chi connectivity index (χ3n) is 1.31. The Balaban J connectivity index is 0.000000640. The molecule has 1 saturated heterocycles. The Morgan fingerprint density at radius 1 is 1.33 bits per heavy atom. The smallest absolute Gasteiger partial charge is 0.182 e. The number of halogens is 3. The summed E-state index contributed by atoms with van der Waals surface area (Å²) < 4.78 is 24.2. The molecule has 1 rings (SSSR count). The second-order valence-corrected chi connectivity index (χ2v) is 2.01. The van der Waals surface area contributed by atoms with Crippen LogP contribution in [0.4, 0.5) is 8.78 Å². The minimum Gasteiger partial charge on any atom is -0.285 e. The van der Waals surface area contributed by atoms with Crippen molar-refractivity contribution in [3.05, 3.63) is 0 Å². The van der Waals surface area contributed by atoms with Crippen LogP contribution in [0, 0.1) is 0 Å². The molecule has 0 aromatic carbocycles. The summed E-state index contributed by atoms with van der Waals surface area (Å²) in [6.45, 7) is 0.613. The van der Waals surface area contributed by atoms with E-state index in [9.17, 15) is 8.78 Å². The molecule has 1 heterocycles. The highest BCUT2D eigenvalue weighted by Crippen LogP contribution is 2.12. The van der Waals surface area contributed by atoms with Crippen LogP contribution >= 0.6 is 12.4 Å². The molecule has 1 aliphatic rings. The fourth-order valence-corrected chi connectivity index (χ4v) is 0.811. The van der Waals surface area contributed by atoms with Gasteiger partial charge in [-0.1, -0.05) is 0 Å². The van der Waals surface area contributed by atoms with Crippen LogP contribution in [0.5, 0.6) is 0 Å². The van der Waals surface area contributed by atoms with E-state index in [-0.39, 0.29) is 12.4 Å². The molecule has 56 valence electrons. The van der Waals surface area contributed by atoms with Crippen molar-refractivity contribution in [3.63, 3.8) is 0 Å². The maximum absolute atomic E-state index is 12.1. The highest BCUT2D eigenvalue weighted by molar-refractivity contribution is 5.85. The van der Waals surface area contributed by atoms with Crippen LogP contribution in [0.25, 0.3) is 0 Å². The van der Waals surface area contributed by atoms with E-state index in [1.54, 1.807) is 0 Å². The number of rotatable bonds is 0. The minimum atomic E-state index is -1.41. The summed E-state index contributed by atoms with van der Waals surface area (Å²) in [5.41, 5.74) is 0. The SMILES string of the molecule is Cl.FC1CCCNC1F. The minimum absolute atomic E-state index is 0. The van der Waals surface area contributed by atoms with Gasteiger partial charge in [0.15, 0.2) is 6.30 Å². The maximum Gasteiger partial charge on any atom is 0.182 e. The lowest BCUT2D eigenvalue weighted by Crippen LogP contribution is -2.39. The molecule has 0 saturated carbocycles. The summed E-state index contributed by atoms with van der Waals surface area (Å²) in [6, 6.07) is 0. The second kappa shape index (κ2) is 4.01. The third-order valence-corrected chi connectivity index (χ3v) is 1.31. The Morgan fingerprint density at radius 2 is 2.00 bits per heavy atom. The van der Waals surface area contributed by atoms with E-state index >= 15 is 0 Å². The van der Waals surface area contributed by atoms with Gasteiger partial charge >= 0.3 is 0 Å². The zero-order valence-corrected chi connectivity index (χ0v) is 5.76. The number of nitrogens with one attached hydrogen (secondary N) is 1. The van der Waals surface area contributed by atoms with E-state index in [2.05, 4.69) is 5.32 Å². The summed E-state index contributed by atoms with van der Waals surface area (Å²) in [6.07, 6.45) is -1.57. The standard InChI is InChI=1S/C5H9F2N.ClH/c6-4-2-1-3-8-5(4)7;/h4-5,8H,1-3H2;1H. The summed E-state index contributed by atoms with van der Waals surface area (Å²) in [5, 5.41) is 2.39. The Morgan fingerprint density at radius 3 is 2.33 bits per heavy atom. The predicted octanol–water partition coefficient (Wildman–Crippen LogP) is 1.43. The molecule has 2 atom stereocenters. The van der Waals surface area contributed by atoms with Gasteiger partial charge in [0, 0.05) is 0 Å². The Labute approximate surface area is 59.2 Å². The van der Waals surface area contributed by atoms with Crippen molar-refractivity contribution in [2.75, 3.05) is 6.54 Å². The molecule has 1 fully saturated rings. The summed E-state index contributed by atoms with van der Waals surface area (Å²) in [5.74, 6) is 0. The molecular formula is C5H10ClF2N. The zero-order chi connectivity index (χ0) is 5.98. The third kappa shape index (κ3) is 2.45. The van der Waals surface area contributed by atoms with Crippen molar-refractivity contribution in [1.29, 1.82) is 0 Å². The number of piperidine rings is 1. The van der Waals surface area contributed by atoms with Gasteiger partial charge in [-0.05, 0) is 19.4 Å². The normalized spacial score (nSPS) is 35.3. The Bertz CT molecular complexity index is 71.4. The van der Waals surface area contributed by atoms with Crippen LogP contribution in [0.2, 0.25) is 0 Å². The van der Waals surface area contributed by atoms with Gasteiger partial charge in [0.2, 0.25) is 0 Å². The first-order chi connectivity index (χ1) is 3.80. The van der Waals surface area contributed by atoms with Gasteiger partial charge in [0.1, 0.15) is 6.17 Å². The molecule has 0 aliphatic carbocycles. The van der Waals surface area contributed by atoms with Gasteiger partial charge in [0.05, 0.1) is 0 Å². The molecule has 0 bridgehead atoms. The van der Waals surface area contributed by atoms with Crippen LogP contribution in [0.15, 0.2) is 0 Å². The van der Waals surface area contributed by atoms with Crippen LogP contribution in [0.3, 0.4) is 0 Å². The lowest BCUT2D eigenvalue weighted by molar-refractivity contribution is 0.102. The van der Waals surface area contributed by atoms with Gasteiger partial charge in [-0.2, -0.15) is 0 Å². The van der Waals surface area contributed by atoms with Crippen LogP contribution in [0.1, 0.15) is 12.8 Å². The quantitative estimate of drug-likeness (QED) is 0.525. The molecule has 4 heteroatoms. The molecule has 0 radical (unpaired) electrons. The van der Waals surface area contributed by atoms with Gasteiger partial charge < -0.3 is 0 Å². The van der Waals surface area contributed by atoms with Crippen LogP contribution < -0.4 is 5.32 Å². The molecule has 1 N–H and O–H groups in total. The van der Waals surface area contributed by atoms with Crippen LogP contribution in [-0.4, -0.2) is 19.0 Å². The molecule has 0 amide bonds.